The van der Waals surface area contributed by atoms with Crippen LogP contribution in [0.3, 0.4) is 0 Å². The number of rotatable bonds is 2. The van der Waals surface area contributed by atoms with Crippen molar-refractivity contribution >= 4 is 37.3 Å². The Hall–Kier alpha value is -3.50. The number of morpholine rings is 1. The largest absolute Gasteiger partial charge is 0.467 e. The van der Waals surface area contributed by atoms with Crippen LogP contribution in [0, 0.1) is 23.0 Å². The first-order valence-electron chi connectivity index (χ1n) is 11.1. The third-order valence-electron chi connectivity index (χ3n) is 6.14. The van der Waals surface area contributed by atoms with E-state index in [1.807, 2.05) is 6.07 Å². The number of nitrogen functional groups attached to an aromatic ring is 1. The molecule has 36 heavy (non-hydrogen) atoms. The maximum Gasteiger partial charge on any atom is 0.316 e. The monoisotopic (exact) mass is 512 g/mol. The van der Waals surface area contributed by atoms with E-state index in [-0.39, 0.29) is 56.6 Å². The van der Waals surface area contributed by atoms with Crippen LogP contribution >= 0.6 is 11.3 Å². The average Bonchev–Trinajstić information content (AvgIpc) is 3.51. The molecular weight excluding hydrogens is 490 g/mol. The molecule has 3 aromatic heterocycles. The number of likely N-dealkylation sites (N-methyl/N-ethyl adjacent to an activating group) is 1. The Labute approximate surface area is 209 Å². The standard InChI is InChI=1S/C19H11F2N5O2S.C5H11NO/c1-27-19-25-3-8-9-5-28-6-10(9)12(14(21)15(8)26-19)16-13-7(2-22)18(23)29-17(13)11(20)4-24-16;1-6-2-4-7-5-3-6/h3-4H,5-6,23H2,1H3;2-5H2,1H3. The van der Waals surface area contributed by atoms with Crippen LogP contribution in [-0.2, 0) is 22.7 Å². The minimum absolute atomic E-state index is 0.0101. The topological polar surface area (TPSA) is 119 Å². The van der Waals surface area contributed by atoms with Crippen LogP contribution in [0.2, 0.25) is 0 Å². The van der Waals surface area contributed by atoms with E-state index in [0.717, 1.165) is 49.4 Å². The molecule has 2 N–H and O–H groups in total. The molecule has 9 nitrogen and oxygen atoms in total. The molecule has 186 valence electrons. The Morgan fingerprint density at radius 3 is 2.56 bits per heavy atom. The summed E-state index contributed by atoms with van der Waals surface area (Å²) in [5.74, 6) is -1.29. The average molecular weight is 513 g/mol. The first-order valence-corrected chi connectivity index (χ1v) is 11.9. The lowest BCUT2D eigenvalue weighted by atomic mass is 9.94. The number of thiophene rings is 1. The number of halogens is 2. The molecule has 2 aliphatic heterocycles. The molecule has 0 spiro atoms. The molecule has 0 saturated carbocycles. The van der Waals surface area contributed by atoms with Crippen LogP contribution in [0.4, 0.5) is 13.8 Å². The Bertz CT molecular complexity index is 1510. The van der Waals surface area contributed by atoms with Gasteiger partial charge < -0.3 is 24.8 Å². The minimum Gasteiger partial charge on any atom is -0.467 e. The molecule has 0 radical (unpaired) electrons. The van der Waals surface area contributed by atoms with Gasteiger partial charge in [0.1, 0.15) is 16.6 Å². The molecule has 1 saturated heterocycles. The number of nitrogens with zero attached hydrogens (tertiary/aromatic N) is 5. The van der Waals surface area contributed by atoms with E-state index in [1.54, 1.807) is 0 Å². The van der Waals surface area contributed by atoms with E-state index in [4.69, 9.17) is 19.9 Å². The normalized spacial score (nSPS) is 15.4. The predicted molar refractivity (Wildman–Crippen MR) is 131 cm³/mol. The highest BCUT2D eigenvalue weighted by Crippen LogP contribution is 2.44. The highest BCUT2D eigenvalue weighted by Gasteiger charge is 2.29. The molecule has 1 aromatic carbocycles. The van der Waals surface area contributed by atoms with Crippen molar-refractivity contribution in [1.82, 2.24) is 19.9 Å². The first kappa shape index (κ1) is 24.2. The number of ether oxygens (including phenoxy) is 3. The molecule has 6 rings (SSSR count). The Morgan fingerprint density at radius 1 is 1.14 bits per heavy atom. The third-order valence-corrected chi connectivity index (χ3v) is 7.17. The van der Waals surface area contributed by atoms with Gasteiger partial charge in [-0.2, -0.15) is 10.2 Å². The van der Waals surface area contributed by atoms with E-state index in [0.29, 0.717) is 10.9 Å². The lowest BCUT2D eigenvalue weighted by Crippen LogP contribution is -2.32. The zero-order valence-electron chi connectivity index (χ0n) is 19.6. The number of anilines is 1. The summed E-state index contributed by atoms with van der Waals surface area (Å²) in [6.45, 7) is 4.41. The van der Waals surface area contributed by atoms with Gasteiger partial charge in [-0.25, -0.2) is 13.8 Å². The van der Waals surface area contributed by atoms with Gasteiger partial charge in [0.15, 0.2) is 11.6 Å². The van der Waals surface area contributed by atoms with Gasteiger partial charge in [-0.05, 0) is 18.2 Å². The summed E-state index contributed by atoms with van der Waals surface area (Å²) in [5.41, 5.74) is 7.55. The maximum atomic E-state index is 15.8. The van der Waals surface area contributed by atoms with Gasteiger partial charge in [-0.1, -0.05) is 0 Å². The van der Waals surface area contributed by atoms with Crippen LogP contribution in [0.25, 0.3) is 32.2 Å². The summed E-state index contributed by atoms with van der Waals surface area (Å²) in [6, 6.07) is 1.99. The zero-order valence-corrected chi connectivity index (χ0v) is 20.4. The lowest BCUT2D eigenvalue weighted by molar-refractivity contribution is 0.0503. The van der Waals surface area contributed by atoms with Gasteiger partial charge in [0.25, 0.3) is 0 Å². The van der Waals surface area contributed by atoms with Crippen molar-refractivity contribution in [2.45, 2.75) is 13.2 Å². The smallest absolute Gasteiger partial charge is 0.316 e. The molecule has 12 heteroatoms. The number of aromatic nitrogens is 3. The summed E-state index contributed by atoms with van der Waals surface area (Å²) in [5, 5.41) is 10.4. The van der Waals surface area contributed by atoms with E-state index in [9.17, 15) is 9.65 Å². The van der Waals surface area contributed by atoms with Gasteiger partial charge in [0, 0.05) is 35.6 Å². The molecule has 5 heterocycles. The molecule has 2 aliphatic rings. The van der Waals surface area contributed by atoms with Crippen molar-refractivity contribution in [1.29, 1.82) is 5.26 Å². The van der Waals surface area contributed by atoms with Gasteiger partial charge in [-0.3, -0.25) is 4.98 Å². The lowest BCUT2D eigenvalue weighted by Gasteiger charge is -2.21. The summed E-state index contributed by atoms with van der Waals surface area (Å²) in [6.07, 6.45) is 2.49. The molecule has 0 aliphatic carbocycles. The Balaban J connectivity index is 0.000000330. The highest BCUT2D eigenvalue weighted by molar-refractivity contribution is 7.23. The van der Waals surface area contributed by atoms with E-state index in [2.05, 4.69) is 26.9 Å². The van der Waals surface area contributed by atoms with Gasteiger partial charge in [0.2, 0.25) is 0 Å². The number of nitrogens with two attached hydrogens (primary N) is 1. The molecule has 0 unspecified atom stereocenters. The van der Waals surface area contributed by atoms with Crippen molar-refractivity contribution in [2.75, 3.05) is 46.2 Å². The van der Waals surface area contributed by atoms with Crippen LogP contribution in [-0.4, -0.2) is 60.3 Å². The SMILES string of the molecule is CN1CCOCC1.COc1ncc2c3c(c(-c4ncc(F)c5sc(N)c(C#N)c45)c(F)c2n1)COC3. The summed E-state index contributed by atoms with van der Waals surface area (Å²) in [7, 11) is 3.50. The van der Waals surface area contributed by atoms with Gasteiger partial charge in [0.05, 0.1) is 55.7 Å². The third kappa shape index (κ3) is 4.10. The quantitative estimate of drug-likeness (QED) is 0.429. The molecule has 4 aromatic rings. The minimum atomic E-state index is -0.668. The zero-order chi connectivity index (χ0) is 25.4. The maximum absolute atomic E-state index is 15.8. The molecular formula is C24H22F2N6O3S. The van der Waals surface area contributed by atoms with Crippen molar-refractivity contribution in [3.8, 4) is 23.3 Å². The van der Waals surface area contributed by atoms with Crippen molar-refractivity contribution < 1.29 is 23.0 Å². The molecule has 1 fully saturated rings. The summed E-state index contributed by atoms with van der Waals surface area (Å²) in [4.78, 5) is 14.6. The fraction of sp³-hybridized carbons (Fsp3) is 0.333. The number of hydrogen-bond donors (Lipinski definition) is 1. The van der Waals surface area contributed by atoms with Gasteiger partial charge >= 0.3 is 6.01 Å². The second-order valence-electron chi connectivity index (χ2n) is 8.29. The fourth-order valence-electron chi connectivity index (χ4n) is 4.29. The van der Waals surface area contributed by atoms with Crippen LogP contribution in [0.15, 0.2) is 12.4 Å². The highest BCUT2D eigenvalue weighted by atomic mass is 32.1. The number of methoxy groups -OCH3 is 1. The summed E-state index contributed by atoms with van der Waals surface area (Å²) >= 11 is 0.929. The van der Waals surface area contributed by atoms with Crippen molar-refractivity contribution in [3.63, 3.8) is 0 Å². The Kier molecular flexibility index (Phi) is 6.63. The number of pyridine rings is 1. The second kappa shape index (κ2) is 9.87. The number of hydrogen-bond acceptors (Lipinski definition) is 10. The van der Waals surface area contributed by atoms with E-state index < -0.39 is 11.6 Å². The van der Waals surface area contributed by atoms with E-state index >= 15 is 4.39 Å². The first-order chi connectivity index (χ1) is 17.4. The number of benzene rings is 1. The van der Waals surface area contributed by atoms with Crippen molar-refractivity contribution in [2.24, 2.45) is 0 Å². The molecule has 0 atom stereocenters. The number of nitriles is 1. The van der Waals surface area contributed by atoms with Crippen molar-refractivity contribution in [3.05, 3.63) is 40.7 Å². The van der Waals surface area contributed by atoms with Crippen LogP contribution in [0.5, 0.6) is 6.01 Å². The molecule has 0 bridgehead atoms. The summed E-state index contributed by atoms with van der Waals surface area (Å²) < 4.78 is 45.9. The number of fused-ring (bicyclic) bond motifs is 4. The van der Waals surface area contributed by atoms with E-state index in [1.165, 1.54) is 13.3 Å². The predicted octanol–water partition coefficient (Wildman–Crippen LogP) is 3.63. The van der Waals surface area contributed by atoms with Crippen LogP contribution in [0.1, 0.15) is 16.7 Å². The fourth-order valence-corrected chi connectivity index (χ4v) is 5.21. The van der Waals surface area contributed by atoms with Crippen LogP contribution < -0.4 is 10.5 Å². The molecule has 0 amide bonds. The Morgan fingerprint density at radius 2 is 1.89 bits per heavy atom. The van der Waals surface area contributed by atoms with Gasteiger partial charge in [-0.15, -0.1) is 11.3 Å². The second-order valence-corrected chi connectivity index (χ2v) is 9.34.